The molecule has 2 rings (SSSR count). The normalized spacial score (nSPS) is 9.53. The van der Waals surface area contributed by atoms with Crippen molar-refractivity contribution in [2.24, 2.45) is 0 Å². The van der Waals surface area contributed by atoms with E-state index in [1.807, 2.05) is 0 Å². The summed E-state index contributed by atoms with van der Waals surface area (Å²) < 4.78 is 12.7. The van der Waals surface area contributed by atoms with Gasteiger partial charge in [0.05, 0.1) is 6.20 Å². The van der Waals surface area contributed by atoms with Gasteiger partial charge in [-0.25, -0.2) is 4.39 Å². The van der Waals surface area contributed by atoms with E-state index >= 15 is 0 Å². The zero-order valence-electron chi connectivity index (χ0n) is 8.82. The van der Waals surface area contributed by atoms with Crippen LogP contribution in [0.25, 0.3) is 5.32 Å². The largest absolute Gasteiger partial charge is 1.00 e. The molecule has 1 aromatic carbocycles. The van der Waals surface area contributed by atoms with Crippen molar-refractivity contribution < 1.29 is 38.7 Å². The first-order chi connectivity index (χ1) is 7.66. The molecule has 8 heteroatoms. The molecule has 1 aromatic heterocycles. The van der Waals surface area contributed by atoms with E-state index in [1.54, 1.807) is 0 Å². The van der Waals surface area contributed by atoms with Crippen molar-refractivity contribution in [2.75, 3.05) is 0 Å². The Morgan fingerprint density at radius 3 is 2.82 bits per heavy atom. The standard InChI is InChI=1S/C9H6ClFN4O.Na/c10-6-3-5(11)1-2-7(6)13-9(16)8-4-12-15-14-8;/h1-4H,(H2,12,13,14,15,16);/q;+1/p-1. The number of nitrogens with zero attached hydrogens (tertiary/aromatic N) is 3. The Labute approximate surface area is 123 Å². The summed E-state index contributed by atoms with van der Waals surface area (Å²) in [5, 5.41) is 13.1. The van der Waals surface area contributed by atoms with Crippen LogP contribution in [0.2, 0.25) is 5.02 Å². The molecule has 5 nitrogen and oxygen atoms in total. The molecule has 1 heterocycles. The Morgan fingerprint density at radius 1 is 1.47 bits per heavy atom. The molecule has 0 aliphatic carbocycles. The molecular weight excluding hydrogens is 258 g/mol. The fourth-order valence-corrected chi connectivity index (χ4v) is 1.25. The molecule has 0 aliphatic rings. The number of aromatic nitrogens is 3. The number of hydrogen-bond acceptors (Lipinski definition) is 3. The second-order valence-corrected chi connectivity index (χ2v) is 3.28. The number of benzene rings is 1. The molecule has 0 radical (unpaired) electrons. The molecule has 0 fully saturated rings. The van der Waals surface area contributed by atoms with Gasteiger partial charge >= 0.3 is 29.6 Å². The number of carbonyl (C=O) groups excluding carboxylic acids is 1. The van der Waals surface area contributed by atoms with Crippen molar-refractivity contribution >= 4 is 23.2 Å². The van der Waals surface area contributed by atoms with E-state index in [4.69, 9.17) is 11.6 Å². The second-order valence-electron chi connectivity index (χ2n) is 2.87. The summed E-state index contributed by atoms with van der Waals surface area (Å²) in [6.07, 6.45) is 1.24. The number of carbonyl (C=O) groups is 1. The average molecular weight is 263 g/mol. The number of amides is 1. The molecule has 0 saturated heterocycles. The van der Waals surface area contributed by atoms with Gasteiger partial charge in [-0.2, -0.15) is 15.4 Å². The summed E-state index contributed by atoms with van der Waals surface area (Å²) >= 11 is 5.71. The van der Waals surface area contributed by atoms with Gasteiger partial charge in [0.2, 0.25) is 0 Å². The van der Waals surface area contributed by atoms with Crippen molar-refractivity contribution in [3.63, 3.8) is 0 Å². The first-order valence-corrected chi connectivity index (χ1v) is 4.61. The van der Waals surface area contributed by atoms with Crippen LogP contribution in [-0.4, -0.2) is 21.3 Å². The van der Waals surface area contributed by atoms with Crippen LogP contribution in [-0.2, 0) is 0 Å². The van der Waals surface area contributed by atoms with Crippen molar-refractivity contribution in [2.45, 2.75) is 0 Å². The third kappa shape index (κ3) is 3.50. The number of nitrogens with one attached hydrogen (secondary N) is 1. The van der Waals surface area contributed by atoms with Gasteiger partial charge in [0, 0.05) is 5.02 Å². The van der Waals surface area contributed by atoms with Crippen molar-refractivity contribution in [3.05, 3.63) is 46.2 Å². The summed E-state index contributed by atoms with van der Waals surface area (Å²) in [5.41, 5.74) is 0.261. The van der Waals surface area contributed by atoms with E-state index in [-0.39, 0.29) is 46.0 Å². The van der Waals surface area contributed by atoms with Crippen LogP contribution in [0.3, 0.4) is 0 Å². The molecule has 0 unspecified atom stereocenters. The van der Waals surface area contributed by atoms with Gasteiger partial charge in [-0.05, 0) is 12.1 Å². The molecule has 0 aliphatic heterocycles. The van der Waals surface area contributed by atoms with E-state index in [9.17, 15) is 9.18 Å². The second kappa shape index (κ2) is 6.11. The van der Waals surface area contributed by atoms with Gasteiger partial charge in [0.25, 0.3) is 0 Å². The van der Waals surface area contributed by atoms with E-state index in [0.29, 0.717) is 0 Å². The van der Waals surface area contributed by atoms with Gasteiger partial charge in [-0.15, -0.1) is 5.69 Å². The molecule has 0 spiro atoms. The monoisotopic (exact) mass is 262 g/mol. The smallest absolute Gasteiger partial charge is 0.620 e. The number of H-pyrrole nitrogens is 1. The first-order valence-electron chi connectivity index (χ1n) is 4.24. The van der Waals surface area contributed by atoms with E-state index < -0.39 is 11.7 Å². The van der Waals surface area contributed by atoms with Gasteiger partial charge in [0.1, 0.15) is 17.4 Å². The topological polar surface area (TPSA) is 72.7 Å². The zero-order valence-corrected chi connectivity index (χ0v) is 11.6. The quantitative estimate of drug-likeness (QED) is 0.738. The summed E-state index contributed by atoms with van der Waals surface area (Å²) in [7, 11) is 0. The molecular formula is C9H5ClFN4NaO. The van der Waals surface area contributed by atoms with E-state index in [2.05, 4.69) is 20.7 Å². The minimum atomic E-state index is -0.595. The first kappa shape index (κ1) is 14.1. The SMILES string of the molecule is O=C([N-]c1ccc(F)cc1Cl)c1cn[nH]n1.[Na+]. The van der Waals surface area contributed by atoms with Crippen LogP contribution >= 0.6 is 11.6 Å². The Morgan fingerprint density at radius 2 is 2.24 bits per heavy atom. The Hall–Kier alpha value is -0.950. The predicted octanol–water partition coefficient (Wildman–Crippen LogP) is -0.553. The minimum absolute atomic E-state index is 0. The summed E-state index contributed by atoms with van der Waals surface area (Å²) in [6, 6.07) is 3.56. The molecule has 2 aromatic rings. The van der Waals surface area contributed by atoms with Crippen LogP contribution in [0, 0.1) is 5.82 Å². The van der Waals surface area contributed by atoms with Gasteiger partial charge in [-0.1, -0.05) is 17.7 Å². The molecule has 0 saturated carbocycles. The summed E-state index contributed by atoms with van der Waals surface area (Å²) in [4.78, 5) is 11.5. The molecule has 82 valence electrons. The maximum atomic E-state index is 12.7. The Kier molecular flexibility index (Phi) is 5.07. The van der Waals surface area contributed by atoms with Gasteiger partial charge < -0.3 is 10.1 Å². The molecule has 0 atom stereocenters. The summed E-state index contributed by atoms with van der Waals surface area (Å²) in [5.74, 6) is -1.08. The average Bonchev–Trinajstić information content (AvgIpc) is 2.75. The number of halogens is 2. The number of aromatic amines is 1. The van der Waals surface area contributed by atoms with Crippen LogP contribution in [0.15, 0.2) is 24.4 Å². The Balaban J connectivity index is 0.00000144. The van der Waals surface area contributed by atoms with E-state index in [1.165, 1.54) is 18.3 Å². The minimum Gasteiger partial charge on any atom is -0.620 e. The molecule has 1 N–H and O–H groups in total. The predicted molar refractivity (Wildman–Crippen MR) is 55.1 cm³/mol. The van der Waals surface area contributed by atoms with Crippen LogP contribution in [0.1, 0.15) is 10.5 Å². The van der Waals surface area contributed by atoms with E-state index in [0.717, 1.165) is 6.07 Å². The molecule has 17 heavy (non-hydrogen) atoms. The van der Waals surface area contributed by atoms with Crippen LogP contribution in [0.4, 0.5) is 10.1 Å². The van der Waals surface area contributed by atoms with Crippen molar-refractivity contribution in [1.82, 2.24) is 15.4 Å². The summed E-state index contributed by atoms with van der Waals surface area (Å²) in [6.45, 7) is 0. The Bertz CT molecular complexity index is 520. The fraction of sp³-hybridized carbons (Fsp3) is 0. The maximum Gasteiger partial charge on any atom is 1.00 e. The number of rotatable bonds is 2. The zero-order chi connectivity index (χ0) is 11.5. The number of hydrogen-bond donors (Lipinski definition) is 1. The van der Waals surface area contributed by atoms with Gasteiger partial charge in [0.15, 0.2) is 0 Å². The third-order valence-corrected chi connectivity index (χ3v) is 2.07. The van der Waals surface area contributed by atoms with Crippen LogP contribution < -0.4 is 29.6 Å². The van der Waals surface area contributed by atoms with Crippen LogP contribution in [0.5, 0.6) is 0 Å². The third-order valence-electron chi connectivity index (χ3n) is 1.77. The van der Waals surface area contributed by atoms with Crippen molar-refractivity contribution in [1.29, 1.82) is 0 Å². The van der Waals surface area contributed by atoms with Gasteiger partial charge in [-0.3, -0.25) is 0 Å². The molecule has 1 amide bonds. The maximum absolute atomic E-state index is 12.7. The van der Waals surface area contributed by atoms with Crippen molar-refractivity contribution in [3.8, 4) is 0 Å². The molecule has 0 bridgehead atoms. The fourth-order valence-electron chi connectivity index (χ4n) is 1.04.